The second kappa shape index (κ2) is 9.49. The van der Waals surface area contributed by atoms with E-state index < -0.39 is 6.09 Å². The first kappa shape index (κ1) is 21.3. The lowest BCUT2D eigenvalue weighted by Crippen LogP contribution is -2.31. The SMILES string of the molecule is Cc1nnc(CNC(=O)OC2CCc3c(sc(NC(=O)/C=C/c4ccco4)c3C#N)C2)o1. The van der Waals surface area contributed by atoms with Crippen LogP contribution in [0.1, 0.15) is 40.0 Å². The summed E-state index contributed by atoms with van der Waals surface area (Å²) in [6.45, 7) is 1.74. The Hall–Kier alpha value is -3.91. The summed E-state index contributed by atoms with van der Waals surface area (Å²) in [5.41, 5.74) is 1.35. The van der Waals surface area contributed by atoms with Crippen molar-refractivity contribution in [1.82, 2.24) is 15.5 Å². The fraction of sp³-hybridized carbons (Fsp3) is 0.286. The van der Waals surface area contributed by atoms with E-state index in [4.69, 9.17) is 13.6 Å². The van der Waals surface area contributed by atoms with Gasteiger partial charge >= 0.3 is 6.09 Å². The first-order valence-corrected chi connectivity index (χ1v) is 10.6. The highest BCUT2D eigenvalue weighted by Gasteiger charge is 2.28. The Kier molecular flexibility index (Phi) is 6.32. The number of nitriles is 1. The number of aromatic nitrogens is 2. The minimum absolute atomic E-state index is 0.0803. The minimum Gasteiger partial charge on any atom is -0.465 e. The van der Waals surface area contributed by atoms with Gasteiger partial charge in [0.2, 0.25) is 17.7 Å². The summed E-state index contributed by atoms with van der Waals surface area (Å²) in [7, 11) is 0. The first-order chi connectivity index (χ1) is 15.5. The largest absolute Gasteiger partial charge is 0.465 e. The molecule has 0 fully saturated rings. The molecule has 0 bridgehead atoms. The van der Waals surface area contributed by atoms with Crippen molar-refractivity contribution in [2.75, 3.05) is 5.32 Å². The van der Waals surface area contributed by atoms with E-state index in [1.807, 2.05) is 0 Å². The number of furan rings is 1. The molecule has 0 radical (unpaired) electrons. The molecule has 3 heterocycles. The molecule has 0 aliphatic heterocycles. The third-order valence-corrected chi connectivity index (χ3v) is 5.91. The number of amides is 2. The van der Waals surface area contributed by atoms with Crippen molar-refractivity contribution in [3.63, 3.8) is 0 Å². The maximum absolute atomic E-state index is 12.3. The number of nitrogens with zero attached hydrogens (tertiary/aromatic N) is 3. The Morgan fingerprint density at radius 1 is 1.44 bits per heavy atom. The van der Waals surface area contributed by atoms with Crippen LogP contribution in [0.15, 0.2) is 33.3 Å². The highest BCUT2D eigenvalue weighted by Crippen LogP contribution is 2.38. The van der Waals surface area contributed by atoms with Crippen LogP contribution in [0.25, 0.3) is 6.08 Å². The van der Waals surface area contributed by atoms with Crippen LogP contribution in [0.4, 0.5) is 9.80 Å². The van der Waals surface area contributed by atoms with Crippen molar-refractivity contribution < 1.29 is 23.2 Å². The number of carbonyl (C=O) groups excluding carboxylic acids is 2. The molecule has 0 saturated heterocycles. The molecule has 2 N–H and O–H groups in total. The highest BCUT2D eigenvalue weighted by atomic mass is 32.1. The van der Waals surface area contributed by atoms with E-state index in [2.05, 4.69) is 26.9 Å². The van der Waals surface area contributed by atoms with Crippen molar-refractivity contribution in [2.24, 2.45) is 0 Å². The predicted octanol–water partition coefficient (Wildman–Crippen LogP) is 3.34. The lowest BCUT2D eigenvalue weighted by atomic mass is 9.94. The topological polar surface area (TPSA) is 143 Å². The molecule has 1 aliphatic rings. The van der Waals surface area contributed by atoms with Crippen molar-refractivity contribution >= 4 is 34.4 Å². The van der Waals surface area contributed by atoms with E-state index >= 15 is 0 Å². The van der Waals surface area contributed by atoms with Crippen molar-refractivity contribution in [2.45, 2.75) is 38.8 Å². The third kappa shape index (κ3) is 5.04. The van der Waals surface area contributed by atoms with Gasteiger partial charge in [0.15, 0.2) is 0 Å². The second-order valence-electron chi connectivity index (χ2n) is 7.00. The number of anilines is 1. The number of rotatable bonds is 6. The lowest BCUT2D eigenvalue weighted by molar-refractivity contribution is -0.111. The normalized spacial score (nSPS) is 15.2. The van der Waals surface area contributed by atoms with Crippen LogP contribution in [0.5, 0.6) is 0 Å². The fourth-order valence-electron chi connectivity index (χ4n) is 3.31. The molecule has 32 heavy (non-hydrogen) atoms. The molecule has 11 heteroatoms. The van der Waals surface area contributed by atoms with E-state index in [9.17, 15) is 14.9 Å². The molecule has 0 saturated carbocycles. The van der Waals surface area contributed by atoms with Crippen LogP contribution < -0.4 is 10.6 Å². The molecule has 0 spiro atoms. The number of alkyl carbamates (subject to hydrolysis) is 1. The minimum atomic E-state index is -0.581. The molecule has 1 unspecified atom stereocenters. The summed E-state index contributed by atoms with van der Waals surface area (Å²) in [4.78, 5) is 25.3. The molecule has 3 aromatic heterocycles. The van der Waals surface area contributed by atoms with E-state index in [1.54, 1.807) is 25.1 Å². The van der Waals surface area contributed by atoms with Crippen molar-refractivity contribution in [3.8, 4) is 6.07 Å². The first-order valence-electron chi connectivity index (χ1n) is 9.82. The molecule has 3 aromatic rings. The molecule has 1 aliphatic carbocycles. The highest BCUT2D eigenvalue weighted by molar-refractivity contribution is 7.16. The summed E-state index contributed by atoms with van der Waals surface area (Å²) in [5, 5.41) is 22.9. The summed E-state index contributed by atoms with van der Waals surface area (Å²) in [6, 6.07) is 5.64. The fourth-order valence-corrected chi connectivity index (χ4v) is 4.58. The number of aryl methyl sites for hydroxylation is 1. The number of hydrogen-bond donors (Lipinski definition) is 2. The van der Waals surface area contributed by atoms with Crippen LogP contribution in [-0.4, -0.2) is 28.3 Å². The number of nitrogens with one attached hydrogen (secondary N) is 2. The van der Waals surface area contributed by atoms with Gasteiger partial charge in [0.05, 0.1) is 18.4 Å². The predicted molar refractivity (Wildman–Crippen MR) is 114 cm³/mol. The van der Waals surface area contributed by atoms with E-state index in [1.165, 1.54) is 23.7 Å². The van der Waals surface area contributed by atoms with Gasteiger partial charge in [-0.3, -0.25) is 4.79 Å². The maximum Gasteiger partial charge on any atom is 0.407 e. The molecular weight excluding hydrogens is 434 g/mol. The van der Waals surface area contributed by atoms with Gasteiger partial charge in [-0.25, -0.2) is 4.79 Å². The standard InChI is InChI=1S/C21H19N5O5S/c1-12-25-26-19(30-12)11-23-21(28)31-14-4-6-15-16(10-22)20(32-17(15)9-14)24-18(27)7-5-13-3-2-8-29-13/h2-3,5,7-8,14H,4,6,9,11H2,1H3,(H,23,28)(H,24,27)/b7-5+. The Balaban J connectivity index is 1.35. The average molecular weight is 453 g/mol. The van der Waals surface area contributed by atoms with Crippen LogP contribution in [0.3, 0.4) is 0 Å². The Morgan fingerprint density at radius 2 is 2.31 bits per heavy atom. The number of fused-ring (bicyclic) bond motifs is 1. The van der Waals surface area contributed by atoms with Gasteiger partial charge < -0.3 is 24.2 Å². The van der Waals surface area contributed by atoms with Gasteiger partial charge in [0.1, 0.15) is 22.9 Å². The van der Waals surface area contributed by atoms with Crippen LogP contribution in [-0.2, 0) is 28.9 Å². The Morgan fingerprint density at radius 3 is 3.03 bits per heavy atom. The lowest BCUT2D eigenvalue weighted by Gasteiger charge is -2.22. The van der Waals surface area contributed by atoms with Gasteiger partial charge in [-0.05, 0) is 36.6 Å². The van der Waals surface area contributed by atoms with Crippen LogP contribution in [0.2, 0.25) is 0 Å². The number of carbonyl (C=O) groups is 2. The van der Waals surface area contributed by atoms with Crippen LogP contribution in [0, 0.1) is 18.3 Å². The quantitative estimate of drug-likeness (QED) is 0.541. The van der Waals surface area contributed by atoms with Crippen LogP contribution >= 0.6 is 11.3 Å². The van der Waals surface area contributed by atoms with Crippen molar-refractivity contribution in [1.29, 1.82) is 5.26 Å². The Bertz CT molecular complexity index is 1190. The van der Waals surface area contributed by atoms with Crippen molar-refractivity contribution in [3.05, 3.63) is 58.0 Å². The van der Waals surface area contributed by atoms with Gasteiger partial charge in [-0.1, -0.05) is 0 Å². The summed E-state index contributed by atoms with van der Waals surface area (Å²) in [6.07, 6.45) is 5.13. The smallest absolute Gasteiger partial charge is 0.407 e. The molecule has 164 valence electrons. The summed E-state index contributed by atoms with van der Waals surface area (Å²) < 4.78 is 15.9. The zero-order valence-corrected chi connectivity index (χ0v) is 17.9. The van der Waals surface area contributed by atoms with Gasteiger partial charge in [-0.2, -0.15) is 5.26 Å². The van der Waals surface area contributed by atoms with Gasteiger partial charge in [-0.15, -0.1) is 21.5 Å². The Labute approximate surface area is 186 Å². The monoisotopic (exact) mass is 453 g/mol. The summed E-state index contributed by atoms with van der Waals surface area (Å²) in [5.74, 6) is 0.905. The average Bonchev–Trinajstić information content (AvgIpc) is 3.50. The molecule has 0 aromatic carbocycles. The van der Waals surface area contributed by atoms with Gasteiger partial charge in [0, 0.05) is 24.3 Å². The second-order valence-corrected chi connectivity index (χ2v) is 8.10. The molecule has 1 atom stereocenters. The number of ether oxygens (including phenoxy) is 1. The zero-order valence-electron chi connectivity index (χ0n) is 17.1. The zero-order chi connectivity index (χ0) is 22.5. The summed E-state index contributed by atoms with van der Waals surface area (Å²) >= 11 is 1.33. The molecule has 2 amide bonds. The number of thiophene rings is 1. The van der Waals surface area contributed by atoms with E-state index in [-0.39, 0.29) is 18.6 Å². The number of hydrogen-bond acceptors (Lipinski definition) is 9. The van der Waals surface area contributed by atoms with Gasteiger partial charge in [0.25, 0.3) is 0 Å². The van der Waals surface area contributed by atoms with E-state index in [0.29, 0.717) is 47.4 Å². The molecule has 4 rings (SSSR count). The van der Waals surface area contributed by atoms with E-state index in [0.717, 1.165) is 10.4 Å². The molecule has 10 nitrogen and oxygen atoms in total. The molecular formula is C21H19N5O5S. The third-order valence-electron chi connectivity index (χ3n) is 4.74. The maximum atomic E-state index is 12.3.